The van der Waals surface area contributed by atoms with Crippen LogP contribution >= 0.6 is 11.6 Å². The third kappa shape index (κ3) is 2.40. The maximum atomic E-state index is 6.29. The molecule has 5 aromatic rings. The number of rotatable bonds is 2. The van der Waals surface area contributed by atoms with Crippen LogP contribution in [0.1, 0.15) is 0 Å². The van der Waals surface area contributed by atoms with E-state index in [0.29, 0.717) is 0 Å². The monoisotopic (exact) mass is 353 g/mol. The number of nitrogens with one attached hydrogen (secondary N) is 1. The average Bonchev–Trinajstić information content (AvgIpc) is 3.06. The van der Waals surface area contributed by atoms with Crippen LogP contribution in [-0.2, 0) is 0 Å². The predicted octanol–water partition coefficient (Wildman–Crippen LogP) is 7.31. The Balaban J connectivity index is 1.87. The van der Waals surface area contributed by atoms with E-state index in [9.17, 15) is 0 Å². The van der Waals surface area contributed by atoms with Crippen molar-refractivity contribution < 1.29 is 0 Å². The molecule has 0 amide bonds. The first kappa shape index (κ1) is 15.2. The summed E-state index contributed by atoms with van der Waals surface area (Å²) in [6.07, 6.45) is 0. The zero-order chi connectivity index (χ0) is 17.5. The molecule has 0 radical (unpaired) electrons. The van der Waals surface area contributed by atoms with Gasteiger partial charge in [-0.05, 0) is 46.5 Å². The Labute approximate surface area is 156 Å². The highest BCUT2D eigenvalue weighted by Gasteiger charge is 2.13. The van der Waals surface area contributed by atoms with Crippen LogP contribution in [0.4, 0.5) is 0 Å². The van der Waals surface area contributed by atoms with Gasteiger partial charge in [-0.25, -0.2) is 0 Å². The van der Waals surface area contributed by atoms with Crippen LogP contribution in [0.2, 0.25) is 5.02 Å². The van der Waals surface area contributed by atoms with Gasteiger partial charge in [0, 0.05) is 26.8 Å². The number of hydrogen-bond donors (Lipinski definition) is 1. The lowest BCUT2D eigenvalue weighted by Crippen LogP contribution is -1.86. The van der Waals surface area contributed by atoms with Crippen LogP contribution in [0.25, 0.3) is 44.1 Å². The fraction of sp³-hybridized carbons (Fsp3) is 0. The van der Waals surface area contributed by atoms with E-state index >= 15 is 0 Å². The van der Waals surface area contributed by atoms with Crippen molar-refractivity contribution in [3.8, 4) is 22.3 Å². The summed E-state index contributed by atoms with van der Waals surface area (Å²) in [7, 11) is 0. The number of H-pyrrole nitrogens is 1. The molecule has 0 atom stereocenters. The first-order chi connectivity index (χ1) is 12.8. The van der Waals surface area contributed by atoms with Crippen molar-refractivity contribution in [2.45, 2.75) is 0 Å². The van der Waals surface area contributed by atoms with Gasteiger partial charge in [0.2, 0.25) is 0 Å². The third-order valence-electron chi connectivity index (χ3n) is 4.89. The van der Waals surface area contributed by atoms with Gasteiger partial charge in [-0.2, -0.15) is 0 Å². The summed E-state index contributed by atoms with van der Waals surface area (Å²) >= 11 is 6.29. The summed E-state index contributed by atoms with van der Waals surface area (Å²) in [4.78, 5) is 3.52. The van der Waals surface area contributed by atoms with Gasteiger partial charge in [-0.15, -0.1) is 0 Å². The topological polar surface area (TPSA) is 15.8 Å². The molecule has 0 aliphatic rings. The maximum Gasteiger partial charge on any atom is 0.0471 e. The quantitative estimate of drug-likeness (QED) is 0.342. The van der Waals surface area contributed by atoms with Gasteiger partial charge < -0.3 is 4.98 Å². The lowest BCUT2D eigenvalue weighted by Gasteiger charge is -2.11. The Bertz CT molecular complexity index is 1240. The lowest BCUT2D eigenvalue weighted by atomic mass is 9.92. The van der Waals surface area contributed by atoms with Crippen molar-refractivity contribution in [3.63, 3.8) is 0 Å². The van der Waals surface area contributed by atoms with Gasteiger partial charge in [-0.3, -0.25) is 0 Å². The Morgan fingerprint density at radius 3 is 2.15 bits per heavy atom. The minimum atomic E-state index is 0.754. The van der Waals surface area contributed by atoms with Crippen LogP contribution in [0.3, 0.4) is 0 Å². The highest BCUT2D eigenvalue weighted by atomic mass is 35.5. The van der Waals surface area contributed by atoms with Gasteiger partial charge >= 0.3 is 0 Å². The van der Waals surface area contributed by atoms with Gasteiger partial charge in [0.15, 0.2) is 0 Å². The molecule has 124 valence electrons. The molecule has 2 heteroatoms. The molecule has 1 heterocycles. The predicted molar refractivity (Wildman–Crippen MR) is 112 cm³/mol. The van der Waals surface area contributed by atoms with Crippen LogP contribution in [0.15, 0.2) is 91.0 Å². The van der Waals surface area contributed by atoms with Crippen molar-refractivity contribution in [3.05, 3.63) is 96.0 Å². The Kier molecular flexibility index (Phi) is 3.55. The fourth-order valence-electron chi connectivity index (χ4n) is 3.74. The van der Waals surface area contributed by atoms with Crippen molar-refractivity contribution in [1.82, 2.24) is 4.98 Å². The standard InChI is InChI=1S/C24H16ClN/c25-17-13-14-22-21(15-17)24-20(11-6-12-23(24)26-22)19-10-5-4-9-18(19)16-7-2-1-3-8-16/h1-15,26H. The first-order valence-corrected chi connectivity index (χ1v) is 9.04. The minimum Gasteiger partial charge on any atom is -0.354 e. The molecule has 0 fully saturated rings. The molecule has 4 aromatic carbocycles. The second-order valence-corrected chi connectivity index (χ2v) is 6.89. The summed E-state index contributed by atoms with van der Waals surface area (Å²) in [5.74, 6) is 0. The molecule has 0 aliphatic heterocycles. The fourth-order valence-corrected chi connectivity index (χ4v) is 3.91. The van der Waals surface area contributed by atoms with E-state index in [-0.39, 0.29) is 0 Å². The number of hydrogen-bond acceptors (Lipinski definition) is 0. The molecule has 5 rings (SSSR count). The maximum absolute atomic E-state index is 6.29. The molecule has 0 saturated heterocycles. The largest absolute Gasteiger partial charge is 0.354 e. The second-order valence-electron chi connectivity index (χ2n) is 6.45. The summed E-state index contributed by atoms with van der Waals surface area (Å²) in [5, 5.41) is 3.13. The highest BCUT2D eigenvalue weighted by Crippen LogP contribution is 2.39. The molecule has 0 spiro atoms. The van der Waals surface area contributed by atoms with E-state index in [2.05, 4.69) is 77.8 Å². The summed E-state index contributed by atoms with van der Waals surface area (Å²) in [6, 6.07) is 31.5. The Hall–Kier alpha value is -3.03. The zero-order valence-corrected chi connectivity index (χ0v) is 14.8. The lowest BCUT2D eigenvalue weighted by molar-refractivity contribution is 1.54. The molecular formula is C24H16ClN. The smallest absolute Gasteiger partial charge is 0.0471 e. The van der Waals surface area contributed by atoms with E-state index in [1.54, 1.807) is 0 Å². The molecule has 0 saturated carbocycles. The molecular weight excluding hydrogens is 338 g/mol. The van der Waals surface area contributed by atoms with Crippen LogP contribution in [0.5, 0.6) is 0 Å². The third-order valence-corrected chi connectivity index (χ3v) is 5.12. The van der Waals surface area contributed by atoms with Gasteiger partial charge in [-0.1, -0.05) is 78.3 Å². The molecule has 0 aliphatic carbocycles. The number of fused-ring (bicyclic) bond motifs is 3. The summed E-state index contributed by atoms with van der Waals surface area (Å²) in [6.45, 7) is 0. The Morgan fingerprint density at radius 1 is 0.577 bits per heavy atom. The van der Waals surface area contributed by atoms with E-state index in [4.69, 9.17) is 11.6 Å². The van der Waals surface area contributed by atoms with Crippen molar-refractivity contribution in [2.24, 2.45) is 0 Å². The number of aromatic amines is 1. The van der Waals surface area contributed by atoms with E-state index in [1.807, 2.05) is 18.2 Å². The van der Waals surface area contributed by atoms with Crippen LogP contribution in [0, 0.1) is 0 Å². The number of aromatic nitrogens is 1. The van der Waals surface area contributed by atoms with E-state index in [0.717, 1.165) is 21.4 Å². The molecule has 1 nitrogen and oxygen atoms in total. The van der Waals surface area contributed by atoms with Gasteiger partial charge in [0.25, 0.3) is 0 Å². The molecule has 0 bridgehead atoms. The number of halogens is 1. The second kappa shape index (κ2) is 6.05. The Morgan fingerprint density at radius 2 is 1.31 bits per heavy atom. The molecule has 0 unspecified atom stereocenters. The normalized spacial score (nSPS) is 11.3. The summed E-state index contributed by atoms with van der Waals surface area (Å²) in [5.41, 5.74) is 7.13. The SMILES string of the molecule is Clc1ccc2[nH]c3cccc(-c4ccccc4-c4ccccc4)c3c2c1. The highest BCUT2D eigenvalue weighted by molar-refractivity contribution is 6.32. The zero-order valence-electron chi connectivity index (χ0n) is 14.0. The van der Waals surface area contributed by atoms with Crippen molar-refractivity contribution in [2.75, 3.05) is 0 Å². The van der Waals surface area contributed by atoms with Crippen molar-refractivity contribution in [1.29, 1.82) is 0 Å². The first-order valence-electron chi connectivity index (χ1n) is 8.66. The summed E-state index contributed by atoms with van der Waals surface area (Å²) < 4.78 is 0. The minimum absolute atomic E-state index is 0.754. The van der Waals surface area contributed by atoms with Crippen LogP contribution in [-0.4, -0.2) is 4.98 Å². The van der Waals surface area contributed by atoms with Gasteiger partial charge in [0.1, 0.15) is 0 Å². The van der Waals surface area contributed by atoms with Crippen molar-refractivity contribution >= 4 is 33.4 Å². The van der Waals surface area contributed by atoms with E-state index < -0.39 is 0 Å². The molecule has 1 aromatic heterocycles. The van der Waals surface area contributed by atoms with Gasteiger partial charge in [0.05, 0.1) is 0 Å². The molecule has 1 N–H and O–H groups in total. The molecule has 26 heavy (non-hydrogen) atoms. The number of benzene rings is 4. The average molecular weight is 354 g/mol. The van der Waals surface area contributed by atoms with E-state index in [1.165, 1.54) is 27.6 Å². The van der Waals surface area contributed by atoms with Crippen LogP contribution < -0.4 is 0 Å².